The van der Waals surface area contributed by atoms with Crippen LogP contribution >= 0.6 is 11.6 Å². The van der Waals surface area contributed by atoms with Gasteiger partial charge in [-0.15, -0.1) is 0 Å². The zero-order valence-corrected chi connectivity index (χ0v) is 20.2. The molecule has 5 aliphatic rings. The van der Waals surface area contributed by atoms with E-state index >= 15 is 0 Å². The fourth-order valence-electron chi connectivity index (χ4n) is 6.37. The first-order valence-electron chi connectivity index (χ1n) is 12.7. The van der Waals surface area contributed by atoms with Gasteiger partial charge in [0, 0.05) is 35.8 Å². The van der Waals surface area contributed by atoms with Crippen LogP contribution in [0.2, 0.25) is 5.02 Å². The van der Waals surface area contributed by atoms with Crippen LogP contribution in [0.4, 0.5) is 5.69 Å². The summed E-state index contributed by atoms with van der Waals surface area (Å²) in [4.78, 5) is 10.6. The molecule has 35 heavy (non-hydrogen) atoms. The average Bonchev–Trinajstić information content (AvgIpc) is 3.65. The molecule has 8 heteroatoms. The number of aromatic amines is 1. The molecule has 0 radical (unpaired) electrons. The van der Waals surface area contributed by atoms with Crippen molar-refractivity contribution in [2.45, 2.75) is 37.6 Å². The molecule has 3 unspecified atom stereocenters. The molecule has 5 fully saturated rings. The van der Waals surface area contributed by atoms with E-state index in [2.05, 4.69) is 34.1 Å². The molecule has 0 bridgehead atoms. The van der Waals surface area contributed by atoms with E-state index < -0.39 is 0 Å². The average molecular weight is 494 g/mol. The maximum atomic E-state index is 6.66. The Kier molecular flexibility index (Phi) is 4.38. The summed E-state index contributed by atoms with van der Waals surface area (Å²) in [5.41, 5.74) is 5.01. The van der Waals surface area contributed by atoms with Crippen molar-refractivity contribution in [2.75, 3.05) is 44.4 Å². The molecule has 0 amide bonds. The van der Waals surface area contributed by atoms with Crippen LogP contribution in [0.1, 0.15) is 19.3 Å². The standard InChI is InChI=1S/C27H28ClN3O4/c28-18-11-19-20(30-23(18)16-1-3-17(4-2-16)31-7-9-32-10-8-31)12-22(29-19)35-21-13-27(21)15-34-24-25(27)33-14-26(24)5-6-26/h1-4,11-12,21,24-25,29H,5-10,13-15H2/t21?,24?,25-,27?/m0/s1. The topological polar surface area (TPSA) is 68.8 Å². The molecule has 3 saturated heterocycles. The van der Waals surface area contributed by atoms with E-state index in [1.165, 1.54) is 18.5 Å². The number of fused-ring (bicyclic) bond motifs is 4. The Morgan fingerprint density at radius 3 is 2.63 bits per heavy atom. The Bertz CT molecular complexity index is 1300. The van der Waals surface area contributed by atoms with Crippen LogP contribution in [0.25, 0.3) is 22.3 Å². The molecule has 2 spiro atoms. The van der Waals surface area contributed by atoms with E-state index in [0.717, 1.165) is 74.1 Å². The lowest BCUT2D eigenvalue weighted by Gasteiger charge is -2.28. The number of morpholine rings is 1. The Hall–Kier alpha value is -2.32. The minimum Gasteiger partial charge on any atom is -0.475 e. The van der Waals surface area contributed by atoms with Crippen LogP contribution in [-0.4, -0.2) is 67.8 Å². The molecular weight excluding hydrogens is 466 g/mol. The number of aromatic nitrogens is 2. The molecule has 182 valence electrons. The minimum atomic E-state index is 0.00646. The van der Waals surface area contributed by atoms with Crippen molar-refractivity contribution >= 4 is 28.3 Å². The molecular formula is C27H28ClN3O4. The van der Waals surface area contributed by atoms with E-state index in [9.17, 15) is 0 Å². The maximum absolute atomic E-state index is 6.66. The lowest BCUT2D eigenvalue weighted by atomic mass is 9.92. The van der Waals surface area contributed by atoms with Gasteiger partial charge >= 0.3 is 0 Å². The summed E-state index contributed by atoms with van der Waals surface area (Å²) in [6.07, 6.45) is 4.01. The number of ether oxygens (including phenoxy) is 4. The summed E-state index contributed by atoms with van der Waals surface area (Å²) < 4.78 is 24.3. The fourth-order valence-corrected chi connectivity index (χ4v) is 6.63. The second-order valence-electron chi connectivity index (χ2n) is 10.9. The van der Waals surface area contributed by atoms with Crippen LogP contribution in [0, 0.1) is 10.8 Å². The molecule has 4 atom stereocenters. The SMILES string of the molecule is Clc1cc2[nH]c(OC3CC34COC3[C@@H]4OCC34CC4)cc2nc1-c1ccc(N2CCOCC2)cc1. The summed E-state index contributed by atoms with van der Waals surface area (Å²) >= 11 is 6.66. The lowest BCUT2D eigenvalue weighted by Crippen LogP contribution is -2.36. The van der Waals surface area contributed by atoms with Crippen LogP contribution < -0.4 is 9.64 Å². The molecule has 3 aliphatic heterocycles. The van der Waals surface area contributed by atoms with Crippen molar-refractivity contribution in [2.24, 2.45) is 10.8 Å². The smallest absolute Gasteiger partial charge is 0.193 e. The Morgan fingerprint density at radius 1 is 1.03 bits per heavy atom. The summed E-state index contributed by atoms with van der Waals surface area (Å²) in [7, 11) is 0. The second-order valence-corrected chi connectivity index (χ2v) is 11.3. The number of nitrogens with one attached hydrogen (secondary N) is 1. The number of H-pyrrole nitrogens is 1. The van der Waals surface area contributed by atoms with E-state index in [4.69, 9.17) is 35.5 Å². The van der Waals surface area contributed by atoms with Crippen molar-refractivity contribution in [3.8, 4) is 17.1 Å². The summed E-state index contributed by atoms with van der Waals surface area (Å²) in [6.45, 7) is 4.96. The first kappa shape index (κ1) is 20.8. The molecule has 2 aromatic heterocycles. The highest BCUT2D eigenvalue weighted by molar-refractivity contribution is 6.33. The lowest BCUT2D eigenvalue weighted by molar-refractivity contribution is 0.0470. The third-order valence-electron chi connectivity index (χ3n) is 8.78. The van der Waals surface area contributed by atoms with Crippen LogP contribution in [0.3, 0.4) is 0 Å². The molecule has 2 aliphatic carbocycles. The Labute approximate surface area is 208 Å². The molecule has 1 N–H and O–H groups in total. The number of hydrogen-bond acceptors (Lipinski definition) is 6. The fraction of sp³-hybridized carbons (Fsp3) is 0.519. The molecule has 1 aromatic carbocycles. The number of halogens is 1. The van der Waals surface area contributed by atoms with E-state index in [-0.39, 0.29) is 23.7 Å². The highest BCUT2D eigenvalue weighted by atomic mass is 35.5. The van der Waals surface area contributed by atoms with E-state index in [0.29, 0.717) is 10.4 Å². The molecule has 2 saturated carbocycles. The third kappa shape index (κ3) is 3.18. The summed E-state index contributed by atoms with van der Waals surface area (Å²) in [6, 6.07) is 12.4. The summed E-state index contributed by atoms with van der Waals surface area (Å²) in [5.74, 6) is 0.729. The van der Waals surface area contributed by atoms with Gasteiger partial charge in [-0.3, -0.25) is 0 Å². The Balaban J connectivity index is 1.02. The van der Waals surface area contributed by atoms with E-state index in [1.807, 2.05) is 12.1 Å². The Morgan fingerprint density at radius 2 is 1.83 bits per heavy atom. The highest BCUT2D eigenvalue weighted by Gasteiger charge is 2.75. The van der Waals surface area contributed by atoms with Crippen LogP contribution in [0.15, 0.2) is 36.4 Å². The van der Waals surface area contributed by atoms with E-state index in [1.54, 1.807) is 0 Å². The first-order chi connectivity index (χ1) is 17.1. The quantitative estimate of drug-likeness (QED) is 0.579. The number of rotatable bonds is 4. The number of nitrogens with zero attached hydrogens (tertiary/aromatic N) is 2. The van der Waals surface area contributed by atoms with Crippen LogP contribution in [0.5, 0.6) is 5.88 Å². The number of anilines is 1. The van der Waals surface area contributed by atoms with Gasteiger partial charge in [0.1, 0.15) is 6.10 Å². The molecule has 3 aromatic rings. The van der Waals surface area contributed by atoms with Crippen LogP contribution in [-0.2, 0) is 14.2 Å². The highest BCUT2D eigenvalue weighted by Crippen LogP contribution is 2.67. The maximum Gasteiger partial charge on any atom is 0.193 e. The summed E-state index contributed by atoms with van der Waals surface area (Å²) in [5, 5.41) is 0.619. The van der Waals surface area contributed by atoms with Gasteiger partial charge in [-0.1, -0.05) is 23.7 Å². The predicted molar refractivity (Wildman–Crippen MR) is 132 cm³/mol. The number of pyridine rings is 1. The molecule has 8 rings (SSSR count). The zero-order chi connectivity index (χ0) is 23.2. The van der Waals surface area contributed by atoms with Crippen molar-refractivity contribution in [1.82, 2.24) is 9.97 Å². The van der Waals surface area contributed by atoms with Gasteiger partial charge in [-0.05, 0) is 37.5 Å². The van der Waals surface area contributed by atoms with Gasteiger partial charge in [0.05, 0.1) is 65.8 Å². The number of benzene rings is 1. The largest absolute Gasteiger partial charge is 0.475 e. The monoisotopic (exact) mass is 493 g/mol. The van der Waals surface area contributed by atoms with Gasteiger partial charge in [-0.2, -0.15) is 0 Å². The predicted octanol–water partition coefficient (Wildman–Crippen LogP) is 4.44. The number of hydrogen-bond donors (Lipinski definition) is 1. The molecule has 5 heterocycles. The third-order valence-corrected chi connectivity index (χ3v) is 9.07. The van der Waals surface area contributed by atoms with Crippen molar-refractivity contribution < 1.29 is 18.9 Å². The van der Waals surface area contributed by atoms with Gasteiger partial charge in [0.2, 0.25) is 0 Å². The first-order valence-corrected chi connectivity index (χ1v) is 13.0. The van der Waals surface area contributed by atoms with Crippen molar-refractivity contribution in [3.05, 3.63) is 41.4 Å². The second kappa shape index (κ2) is 7.35. The van der Waals surface area contributed by atoms with Gasteiger partial charge in [-0.25, -0.2) is 4.98 Å². The van der Waals surface area contributed by atoms with Gasteiger partial charge < -0.3 is 28.8 Å². The van der Waals surface area contributed by atoms with Gasteiger partial charge in [0.25, 0.3) is 0 Å². The van der Waals surface area contributed by atoms with Crippen molar-refractivity contribution in [3.63, 3.8) is 0 Å². The van der Waals surface area contributed by atoms with Crippen molar-refractivity contribution in [1.29, 1.82) is 0 Å². The minimum absolute atomic E-state index is 0.00646. The molecule has 7 nitrogen and oxygen atoms in total. The zero-order valence-electron chi connectivity index (χ0n) is 19.5. The normalized spacial score (nSPS) is 32.5. The van der Waals surface area contributed by atoms with Gasteiger partial charge in [0.15, 0.2) is 5.88 Å².